The number of carbonyl (C=O) groups excluding carboxylic acids is 1. The van der Waals surface area contributed by atoms with Gasteiger partial charge in [-0.25, -0.2) is 4.98 Å². The number of imidazole rings is 1. The molecular weight excluding hydrogens is 260 g/mol. The molecular formula is C13H14N4O3. The molecule has 0 aliphatic rings. The minimum absolute atomic E-state index is 0.125. The monoisotopic (exact) mass is 274 g/mol. The fraction of sp³-hybridized carbons (Fsp3) is 0.231. The Balaban J connectivity index is 2.32. The first-order valence-corrected chi connectivity index (χ1v) is 6.15. The van der Waals surface area contributed by atoms with Crippen LogP contribution in [-0.2, 0) is 0 Å². The molecule has 0 fully saturated rings. The van der Waals surface area contributed by atoms with Crippen molar-refractivity contribution in [2.75, 3.05) is 5.32 Å². The predicted octanol–water partition coefficient (Wildman–Crippen LogP) is 2.69. The van der Waals surface area contributed by atoms with Crippen LogP contribution in [0, 0.1) is 10.1 Å². The van der Waals surface area contributed by atoms with Crippen LogP contribution < -0.4 is 5.32 Å². The highest BCUT2D eigenvalue weighted by Gasteiger charge is 2.19. The molecule has 1 unspecified atom stereocenters. The van der Waals surface area contributed by atoms with E-state index in [1.165, 1.54) is 18.2 Å². The van der Waals surface area contributed by atoms with Crippen LogP contribution in [0.25, 0.3) is 0 Å². The van der Waals surface area contributed by atoms with Crippen molar-refractivity contribution >= 4 is 17.7 Å². The van der Waals surface area contributed by atoms with E-state index in [0.717, 1.165) is 0 Å². The van der Waals surface area contributed by atoms with Gasteiger partial charge in [0.05, 0.1) is 11.0 Å². The van der Waals surface area contributed by atoms with Gasteiger partial charge >= 0.3 is 0 Å². The van der Waals surface area contributed by atoms with E-state index in [9.17, 15) is 14.9 Å². The Hall–Kier alpha value is -2.70. The minimum Gasteiger partial charge on any atom is -0.370 e. The zero-order chi connectivity index (χ0) is 14.5. The first-order valence-electron chi connectivity index (χ1n) is 6.15. The summed E-state index contributed by atoms with van der Waals surface area (Å²) >= 11 is 0. The molecule has 0 saturated carbocycles. The van der Waals surface area contributed by atoms with E-state index in [2.05, 4.69) is 15.3 Å². The molecule has 0 saturated heterocycles. The van der Waals surface area contributed by atoms with Gasteiger partial charge in [-0.1, -0.05) is 6.92 Å². The number of nitro groups is 1. The van der Waals surface area contributed by atoms with Gasteiger partial charge < -0.3 is 10.3 Å². The molecule has 1 atom stereocenters. The van der Waals surface area contributed by atoms with Crippen molar-refractivity contribution in [1.29, 1.82) is 0 Å². The largest absolute Gasteiger partial charge is 0.370 e. The Labute approximate surface area is 115 Å². The number of anilines is 1. The van der Waals surface area contributed by atoms with Gasteiger partial charge in [-0.05, 0) is 18.6 Å². The molecule has 1 aromatic heterocycles. The van der Waals surface area contributed by atoms with E-state index >= 15 is 0 Å². The van der Waals surface area contributed by atoms with Crippen LogP contribution in [0.3, 0.4) is 0 Å². The number of rotatable bonds is 6. The normalized spacial score (nSPS) is 11.8. The Bertz CT molecular complexity index is 610. The van der Waals surface area contributed by atoms with Crippen LogP contribution in [0.4, 0.5) is 11.4 Å². The van der Waals surface area contributed by atoms with Crippen LogP contribution in [0.2, 0.25) is 0 Å². The van der Waals surface area contributed by atoms with Gasteiger partial charge in [-0.3, -0.25) is 14.9 Å². The topological polar surface area (TPSA) is 101 Å². The number of aromatic nitrogens is 2. The van der Waals surface area contributed by atoms with Gasteiger partial charge in [0.2, 0.25) is 0 Å². The molecule has 0 aliphatic heterocycles. The Morgan fingerprint density at radius 2 is 2.35 bits per heavy atom. The summed E-state index contributed by atoms with van der Waals surface area (Å²) in [7, 11) is 0. The van der Waals surface area contributed by atoms with Crippen LogP contribution in [-0.4, -0.2) is 21.2 Å². The predicted molar refractivity (Wildman–Crippen MR) is 73.7 cm³/mol. The van der Waals surface area contributed by atoms with Crippen LogP contribution in [0.15, 0.2) is 30.6 Å². The van der Waals surface area contributed by atoms with E-state index in [1.54, 1.807) is 12.4 Å². The van der Waals surface area contributed by atoms with Gasteiger partial charge in [0.25, 0.3) is 5.69 Å². The number of benzene rings is 1. The average Bonchev–Trinajstić information content (AvgIpc) is 2.98. The maximum absolute atomic E-state index is 11.1. The minimum atomic E-state index is -0.510. The van der Waals surface area contributed by atoms with Gasteiger partial charge in [-0.2, -0.15) is 0 Å². The van der Waals surface area contributed by atoms with Gasteiger partial charge in [0, 0.05) is 24.0 Å². The fourth-order valence-corrected chi connectivity index (χ4v) is 1.91. The van der Waals surface area contributed by atoms with Crippen molar-refractivity contribution < 1.29 is 9.72 Å². The number of nitrogens with zero attached hydrogens (tertiary/aromatic N) is 2. The average molecular weight is 274 g/mol. The molecule has 104 valence electrons. The van der Waals surface area contributed by atoms with Crippen LogP contribution >= 0.6 is 0 Å². The number of aldehydes is 1. The number of hydrogen-bond donors (Lipinski definition) is 2. The van der Waals surface area contributed by atoms with E-state index < -0.39 is 4.92 Å². The lowest BCUT2D eigenvalue weighted by molar-refractivity contribution is -0.384. The van der Waals surface area contributed by atoms with E-state index in [1.807, 2.05) is 6.92 Å². The van der Waals surface area contributed by atoms with Gasteiger partial charge in [0.15, 0.2) is 0 Å². The SMILES string of the molecule is CCC(Nc1ccc(C=O)cc1[N+](=O)[O-])c1ncc[nH]1. The Kier molecular flexibility index (Phi) is 4.09. The second-order valence-corrected chi connectivity index (χ2v) is 4.23. The summed E-state index contributed by atoms with van der Waals surface area (Å²) in [6.07, 6.45) is 4.62. The lowest BCUT2D eigenvalue weighted by Gasteiger charge is -2.16. The van der Waals surface area contributed by atoms with Crippen LogP contribution in [0.1, 0.15) is 35.6 Å². The van der Waals surface area contributed by atoms with E-state index in [-0.39, 0.29) is 17.3 Å². The van der Waals surface area contributed by atoms with Crippen LogP contribution in [0.5, 0.6) is 0 Å². The highest BCUT2D eigenvalue weighted by molar-refractivity contribution is 5.79. The first-order chi connectivity index (χ1) is 9.65. The molecule has 2 rings (SSSR count). The number of H-pyrrole nitrogens is 1. The molecule has 1 heterocycles. The van der Waals surface area contributed by atoms with Crippen molar-refractivity contribution in [2.45, 2.75) is 19.4 Å². The summed E-state index contributed by atoms with van der Waals surface area (Å²) in [6.45, 7) is 1.95. The van der Waals surface area contributed by atoms with Gasteiger partial charge in [-0.15, -0.1) is 0 Å². The number of aromatic amines is 1. The lowest BCUT2D eigenvalue weighted by atomic mass is 10.1. The molecule has 7 heteroatoms. The Morgan fingerprint density at radius 3 is 2.90 bits per heavy atom. The standard InChI is InChI=1S/C13H14N4O3/c1-2-10(13-14-5-6-15-13)16-11-4-3-9(8-18)7-12(11)17(19)20/h3-8,10,16H,2H2,1H3,(H,14,15). The third-order valence-electron chi connectivity index (χ3n) is 2.94. The third-order valence-corrected chi connectivity index (χ3v) is 2.94. The second kappa shape index (κ2) is 5.96. The van der Waals surface area contributed by atoms with Crippen molar-refractivity contribution in [3.63, 3.8) is 0 Å². The molecule has 0 amide bonds. The second-order valence-electron chi connectivity index (χ2n) is 4.23. The maximum Gasteiger partial charge on any atom is 0.293 e. The summed E-state index contributed by atoms with van der Waals surface area (Å²) < 4.78 is 0. The number of nitrogens with one attached hydrogen (secondary N) is 2. The quantitative estimate of drug-likeness (QED) is 0.479. The zero-order valence-corrected chi connectivity index (χ0v) is 10.9. The van der Waals surface area contributed by atoms with Crippen molar-refractivity contribution in [3.05, 3.63) is 52.1 Å². The molecule has 2 aromatic rings. The molecule has 0 aliphatic carbocycles. The number of hydrogen-bond acceptors (Lipinski definition) is 5. The number of carbonyl (C=O) groups is 1. The number of nitro benzene ring substituents is 1. The molecule has 0 radical (unpaired) electrons. The fourth-order valence-electron chi connectivity index (χ4n) is 1.91. The highest BCUT2D eigenvalue weighted by atomic mass is 16.6. The Morgan fingerprint density at radius 1 is 1.55 bits per heavy atom. The van der Waals surface area contributed by atoms with Crippen molar-refractivity contribution in [2.24, 2.45) is 0 Å². The first kappa shape index (κ1) is 13.7. The van der Waals surface area contributed by atoms with Gasteiger partial charge in [0.1, 0.15) is 17.8 Å². The molecule has 20 heavy (non-hydrogen) atoms. The lowest BCUT2D eigenvalue weighted by Crippen LogP contribution is -2.12. The third kappa shape index (κ3) is 2.82. The summed E-state index contributed by atoms with van der Waals surface area (Å²) in [5.74, 6) is 0.710. The van der Waals surface area contributed by atoms with Crippen molar-refractivity contribution in [1.82, 2.24) is 9.97 Å². The zero-order valence-electron chi connectivity index (χ0n) is 10.9. The highest BCUT2D eigenvalue weighted by Crippen LogP contribution is 2.29. The van der Waals surface area contributed by atoms with E-state index in [0.29, 0.717) is 24.2 Å². The smallest absolute Gasteiger partial charge is 0.293 e. The molecule has 0 spiro atoms. The summed E-state index contributed by atoms with van der Waals surface area (Å²) in [4.78, 5) is 28.4. The van der Waals surface area contributed by atoms with Crippen molar-refractivity contribution in [3.8, 4) is 0 Å². The summed E-state index contributed by atoms with van der Waals surface area (Å²) in [6, 6.07) is 4.17. The molecule has 1 aromatic carbocycles. The summed E-state index contributed by atoms with van der Waals surface area (Å²) in [5, 5.41) is 14.2. The molecule has 2 N–H and O–H groups in total. The molecule has 0 bridgehead atoms. The maximum atomic E-state index is 11.1. The summed E-state index contributed by atoms with van der Waals surface area (Å²) in [5.41, 5.74) is 0.511. The van der Waals surface area contributed by atoms with E-state index in [4.69, 9.17) is 0 Å². The molecule has 7 nitrogen and oxygen atoms in total.